The summed E-state index contributed by atoms with van der Waals surface area (Å²) < 4.78 is 1.20. The van der Waals surface area contributed by atoms with E-state index in [0.717, 1.165) is 16.1 Å². The second-order valence-electron chi connectivity index (χ2n) is 3.96. The average Bonchev–Trinajstić information content (AvgIpc) is 2.72. The molecule has 0 radical (unpaired) electrons. The number of nitrogens with zero attached hydrogens (tertiary/aromatic N) is 2. The monoisotopic (exact) mass is 241 g/mol. The van der Waals surface area contributed by atoms with Crippen molar-refractivity contribution in [1.82, 2.24) is 9.97 Å². The minimum absolute atomic E-state index is 0.526. The summed E-state index contributed by atoms with van der Waals surface area (Å²) in [4.78, 5) is 8.59. The van der Waals surface area contributed by atoms with Gasteiger partial charge in [0.15, 0.2) is 0 Å². The van der Waals surface area contributed by atoms with E-state index in [-0.39, 0.29) is 0 Å². The highest BCUT2D eigenvalue weighted by molar-refractivity contribution is 7.21. The van der Waals surface area contributed by atoms with Gasteiger partial charge in [0, 0.05) is 11.8 Å². The lowest BCUT2D eigenvalue weighted by molar-refractivity contribution is 1.33. The minimum Gasteiger partial charge on any atom is -0.384 e. The topological polar surface area (TPSA) is 51.8 Å². The maximum Gasteiger partial charge on any atom is 0.124 e. The van der Waals surface area contributed by atoms with E-state index in [2.05, 4.69) is 35.1 Å². The Hall–Kier alpha value is -1.94. The first kappa shape index (κ1) is 10.2. The summed E-state index contributed by atoms with van der Waals surface area (Å²) in [5.74, 6) is 0.526. The summed E-state index contributed by atoms with van der Waals surface area (Å²) in [6, 6.07) is 10.1. The quantitative estimate of drug-likeness (QED) is 0.711. The Morgan fingerprint density at radius 2 is 2.06 bits per heavy atom. The molecule has 3 rings (SSSR count). The number of benzene rings is 1. The third-order valence-electron chi connectivity index (χ3n) is 2.57. The Bertz CT molecular complexity index is 688. The first-order valence-electron chi connectivity index (χ1n) is 5.31. The number of nitrogens with two attached hydrogens (primary N) is 1. The Labute approximate surface area is 103 Å². The number of aryl methyl sites for hydroxylation is 1. The van der Waals surface area contributed by atoms with E-state index in [4.69, 9.17) is 5.73 Å². The van der Waals surface area contributed by atoms with Gasteiger partial charge in [0.1, 0.15) is 10.8 Å². The van der Waals surface area contributed by atoms with Crippen LogP contribution in [0.3, 0.4) is 0 Å². The van der Waals surface area contributed by atoms with Crippen LogP contribution in [0.5, 0.6) is 0 Å². The molecule has 4 heteroatoms. The maximum atomic E-state index is 5.68. The molecular weight excluding hydrogens is 230 g/mol. The van der Waals surface area contributed by atoms with Crippen molar-refractivity contribution >= 4 is 27.4 Å². The normalized spacial score (nSPS) is 10.9. The van der Waals surface area contributed by atoms with Crippen LogP contribution in [0.15, 0.2) is 36.5 Å². The van der Waals surface area contributed by atoms with Gasteiger partial charge in [-0.1, -0.05) is 6.07 Å². The number of hydrogen-bond acceptors (Lipinski definition) is 4. The Kier molecular flexibility index (Phi) is 2.30. The van der Waals surface area contributed by atoms with Crippen molar-refractivity contribution in [2.75, 3.05) is 5.73 Å². The van der Waals surface area contributed by atoms with Gasteiger partial charge in [0.2, 0.25) is 0 Å². The summed E-state index contributed by atoms with van der Waals surface area (Å²) in [6.45, 7) is 2.09. The van der Waals surface area contributed by atoms with E-state index in [1.54, 1.807) is 17.5 Å². The van der Waals surface area contributed by atoms with Crippen LogP contribution in [-0.4, -0.2) is 9.97 Å². The molecule has 0 bridgehead atoms. The summed E-state index contributed by atoms with van der Waals surface area (Å²) in [7, 11) is 0. The van der Waals surface area contributed by atoms with Crippen molar-refractivity contribution in [3.05, 3.63) is 42.1 Å². The Morgan fingerprint density at radius 3 is 2.88 bits per heavy atom. The average molecular weight is 241 g/mol. The lowest BCUT2D eigenvalue weighted by atomic mass is 10.2. The summed E-state index contributed by atoms with van der Waals surface area (Å²) in [6.07, 6.45) is 1.71. The van der Waals surface area contributed by atoms with Gasteiger partial charge in [0.05, 0.1) is 10.2 Å². The molecule has 0 fully saturated rings. The van der Waals surface area contributed by atoms with Crippen molar-refractivity contribution < 1.29 is 0 Å². The van der Waals surface area contributed by atoms with Crippen molar-refractivity contribution in [1.29, 1.82) is 0 Å². The van der Waals surface area contributed by atoms with Crippen LogP contribution in [0.25, 0.3) is 20.8 Å². The highest BCUT2D eigenvalue weighted by Crippen LogP contribution is 2.30. The molecule has 0 aliphatic rings. The lowest BCUT2D eigenvalue weighted by Crippen LogP contribution is -1.88. The molecule has 2 aromatic heterocycles. The van der Waals surface area contributed by atoms with Gasteiger partial charge in [-0.15, -0.1) is 11.3 Å². The summed E-state index contributed by atoms with van der Waals surface area (Å²) in [5, 5.41) is 0.986. The molecule has 84 valence electrons. The van der Waals surface area contributed by atoms with Gasteiger partial charge in [-0.2, -0.15) is 0 Å². The molecule has 0 aliphatic carbocycles. The van der Waals surface area contributed by atoms with Crippen LogP contribution < -0.4 is 5.73 Å². The van der Waals surface area contributed by atoms with Crippen molar-refractivity contribution in [2.45, 2.75) is 6.92 Å². The number of anilines is 1. The van der Waals surface area contributed by atoms with E-state index in [0.29, 0.717) is 5.82 Å². The molecule has 0 atom stereocenters. The van der Waals surface area contributed by atoms with E-state index in [1.165, 1.54) is 10.3 Å². The fourth-order valence-corrected chi connectivity index (χ4v) is 2.80. The van der Waals surface area contributed by atoms with Crippen molar-refractivity contribution in [3.8, 4) is 10.6 Å². The third kappa shape index (κ3) is 1.87. The molecule has 3 nitrogen and oxygen atoms in total. The number of aromatic nitrogens is 2. The number of thiazole rings is 1. The molecule has 0 amide bonds. The lowest BCUT2D eigenvalue weighted by Gasteiger charge is -1.95. The second kappa shape index (κ2) is 3.82. The van der Waals surface area contributed by atoms with Gasteiger partial charge in [-0.3, -0.25) is 0 Å². The molecule has 3 aromatic rings. The first-order valence-corrected chi connectivity index (χ1v) is 6.13. The molecule has 0 saturated heterocycles. The molecular formula is C13H11N3S. The number of fused-ring (bicyclic) bond motifs is 1. The fourth-order valence-electron chi connectivity index (χ4n) is 1.74. The highest BCUT2D eigenvalue weighted by atomic mass is 32.1. The zero-order valence-electron chi connectivity index (χ0n) is 9.34. The van der Waals surface area contributed by atoms with E-state index >= 15 is 0 Å². The fraction of sp³-hybridized carbons (Fsp3) is 0.0769. The molecule has 0 saturated carbocycles. The van der Waals surface area contributed by atoms with Gasteiger partial charge in [0.25, 0.3) is 0 Å². The van der Waals surface area contributed by atoms with E-state index in [9.17, 15) is 0 Å². The second-order valence-corrected chi connectivity index (χ2v) is 4.99. The maximum absolute atomic E-state index is 5.68. The third-order valence-corrected chi connectivity index (χ3v) is 3.64. The SMILES string of the molecule is Cc1ccc2nc(-c3ccnc(N)c3)sc2c1. The molecule has 2 N–H and O–H groups in total. The smallest absolute Gasteiger partial charge is 0.124 e. The molecule has 0 spiro atoms. The number of nitrogen functional groups attached to an aromatic ring is 1. The largest absolute Gasteiger partial charge is 0.384 e. The van der Waals surface area contributed by atoms with E-state index < -0.39 is 0 Å². The Morgan fingerprint density at radius 1 is 1.18 bits per heavy atom. The van der Waals surface area contributed by atoms with E-state index in [1.807, 2.05) is 12.1 Å². The molecule has 1 aromatic carbocycles. The number of hydrogen-bond donors (Lipinski definition) is 1. The van der Waals surface area contributed by atoms with Gasteiger partial charge in [-0.05, 0) is 36.8 Å². The van der Waals surface area contributed by atoms with Crippen LogP contribution in [-0.2, 0) is 0 Å². The molecule has 0 aliphatic heterocycles. The zero-order chi connectivity index (χ0) is 11.8. The van der Waals surface area contributed by atoms with Crippen LogP contribution in [0.2, 0.25) is 0 Å². The van der Waals surface area contributed by atoms with Crippen LogP contribution >= 0.6 is 11.3 Å². The standard InChI is InChI=1S/C13H11N3S/c1-8-2-3-10-11(6-8)17-13(16-10)9-4-5-15-12(14)7-9/h2-7H,1H3,(H2,14,15). The van der Waals surface area contributed by atoms with Gasteiger partial charge >= 0.3 is 0 Å². The van der Waals surface area contributed by atoms with Crippen LogP contribution in [0.4, 0.5) is 5.82 Å². The summed E-state index contributed by atoms with van der Waals surface area (Å²) in [5.41, 5.74) is 8.99. The molecule has 17 heavy (non-hydrogen) atoms. The highest BCUT2D eigenvalue weighted by Gasteiger charge is 2.06. The zero-order valence-corrected chi connectivity index (χ0v) is 10.2. The first-order chi connectivity index (χ1) is 8.22. The van der Waals surface area contributed by atoms with Crippen LogP contribution in [0.1, 0.15) is 5.56 Å². The molecule has 0 unspecified atom stereocenters. The predicted molar refractivity (Wildman–Crippen MR) is 72.0 cm³/mol. The minimum atomic E-state index is 0.526. The predicted octanol–water partition coefficient (Wildman–Crippen LogP) is 3.25. The summed E-state index contributed by atoms with van der Waals surface area (Å²) >= 11 is 1.68. The van der Waals surface area contributed by atoms with Crippen LogP contribution in [0, 0.1) is 6.92 Å². The van der Waals surface area contributed by atoms with Crippen molar-refractivity contribution in [2.24, 2.45) is 0 Å². The Balaban J connectivity index is 2.18. The molecule has 2 heterocycles. The van der Waals surface area contributed by atoms with Gasteiger partial charge < -0.3 is 5.73 Å². The number of rotatable bonds is 1. The van der Waals surface area contributed by atoms with Crippen molar-refractivity contribution in [3.63, 3.8) is 0 Å². The van der Waals surface area contributed by atoms with Gasteiger partial charge in [-0.25, -0.2) is 9.97 Å². The number of pyridine rings is 1.